The van der Waals surface area contributed by atoms with E-state index in [1.54, 1.807) is 20.8 Å². The molecule has 0 aromatic heterocycles. The molecule has 0 spiro atoms. The summed E-state index contributed by atoms with van der Waals surface area (Å²) in [5.74, 6) is -1.43. The molecule has 4 fully saturated rings. The number of nitrogens with one attached hydrogen (secondary N) is 3. The Bertz CT molecular complexity index is 704. The summed E-state index contributed by atoms with van der Waals surface area (Å²) >= 11 is 0. The van der Waals surface area contributed by atoms with Crippen molar-refractivity contribution < 1.29 is 37.0 Å². The molecule has 0 aromatic rings. The van der Waals surface area contributed by atoms with E-state index in [1.165, 1.54) is 0 Å². The van der Waals surface area contributed by atoms with Gasteiger partial charge in [-0.3, -0.25) is 25.2 Å². The van der Waals surface area contributed by atoms with Crippen LogP contribution in [0.2, 0.25) is 0 Å². The molecule has 4 saturated carbocycles. The van der Waals surface area contributed by atoms with Crippen LogP contribution in [-0.2, 0) is 19.1 Å². The first-order valence-electron chi connectivity index (χ1n) is 10.6. The topological polar surface area (TPSA) is 106 Å². The van der Waals surface area contributed by atoms with Gasteiger partial charge >= 0.3 is 12.5 Å². The van der Waals surface area contributed by atoms with Crippen LogP contribution in [0.3, 0.4) is 0 Å². The van der Waals surface area contributed by atoms with Crippen LogP contribution in [0.5, 0.6) is 0 Å². The highest BCUT2D eigenvalue weighted by molar-refractivity contribution is 5.87. The number of hydrazine groups is 1. The van der Waals surface area contributed by atoms with Crippen LogP contribution in [0.25, 0.3) is 0 Å². The van der Waals surface area contributed by atoms with E-state index in [1.807, 2.05) is 0 Å². The van der Waals surface area contributed by atoms with Crippen LogP contribution >= 0.6 is 0 Å². The summed E-state index contributed by atoms with van der Waals surface area (Å²) in [6, 6.07) is 0. The first kappa shape index (κ1) is 23.6. The monoisotopic (exact) mass is 449 g/mol. The Kier molecular flexibility index (Phi) is 6.20. The van der Waals surface area contributed by atoms with E-state index in [0.717, 1.165) is 0 Å². The Morgan fingerprint density at radius 1 is 0.903 bits per heavy atom. The van der Waals surface area contributed by atoms with Crippen LogP contribution in [0.1, 0.15) is 72.1 Å². The Balaban J connectivity index is 1.43. The van der Waals surface area contributed by atoms with Gasteiger partial charge in [0.2, 0.25) is 11.8 Å². The lowest BCUT2D eigenvalue weighted by Crippen LogP contribution is -2.61. The minimum absolute atomic E-state index is 0.0365. The average Bonchev–Trinajstić information content (AvgIpc) is 2.61. The summed E-state index contributed by atoms with van der Waals surface area (Å²) in [5, 5.41) is 2.98. The van der Waals surface area contributed by atoms with Crippen molar-refractivity contribution >= 4 is 17.9 Å². The number of carbonyl (C=O) groups excluding carboxylic acids is 3. The number of alkyl halides is 3. The zero-order valence-electron chi connectivity index (χ0n) is 18.0. The molecule has 3 amide bonds. The van der Waals surface area contributed by atoms with Gasteiger partial charge in [0, 0.05) is 11.5 Å². The largest absolute Gasteiger partial charge is 0.522 e. The number of halogens is 3. The Labute approximate surface area is 178 Å². The van der Waals surface area contributed by atoms with E-state index in [0.29, 0.717) is 38.5 Å². The van der Waals surface area contributed by atoms with Crippen LogP contribution in [0, 0.1) is 11.3 Å². The SMILES string of the molecule is CC(C)(C)OC(=O)NC12CCC(C(=O)NNC(=O)C3CC(OC(F)(F)F)C3)(CC1)CC2. The standard InChI is InChI=1S/C20H30F3N3O5/c1-17(2,3)31-16(29)24-19-7-4-18(5-8-19,6-9-19)15(28)26-25-14(27)12-10-13(11-12)30-20(21,22)23/h12-13H,4-11H2,1-3H3,(H,24,29)(H,25,27)(H,26,28). The van der Waals surface area contributed by atoms with Crippen molar-refractivity contribution in [3.05, 3.63) is 0 Å². The maximum Gasteiger partial charge on any atom is 0.522 e. The number of hydrogen-bond donors (Lipinski definition) is 3. The second-order valence-corrected chi connectivity index (χ2v) is 9.98. The Morgan fingerprint density at radius 3 is 1.94 bits per heavy atom. The Morgan fingerprint density at radius 2 is 1.45 bits per heavy atom. The lowest BCUT2D eigenvalue weighted by atomic mass is 9.57. The van der Waals surface area contributed by atoms with Crippen molar-refractivity contribution in [1.82, 2.24) is 16.2 Å². The van der Waals surface area contributed by atoms with Crippen molar-refractivity contribution in [3.8, 4) is 0 Å². The summed E-state index contributed by atoms with van der Waals surface area (Å²) < 4.78 is 45.7. The molecular formula is C20H30F3N3O5. The van der Waals surface area contributed by atoms with Crippen LogP contribution < -0.4 is 16.2 Å². The molecule has 11 heteroatoms. The van der Waals surface area contributed by atoms with E-state index in [-0.39, 0.29) is 24.3 Å². The van der Waals surface area contributed by atoms with Crippen molar-refractivity contribution in [1.29, 1.82) is 0 Å². The molecule has 0 heterocycles. The van der Waals surface area contributed by atoms with Gasteiger partial charge in [0.1, 0.15) is 5.60 Å². The highest BCUT2D eigenvalue weighted by Crippen LogP contribution is 2.52. The molecule has 31 heavy (non-hydrogen) atoms. The van der Waals surface area contributed by atoms with Crippen LogP contribution in [0.4, 0.5) is 18.0 Å². The van der Waals surface area contributed by atoms with Gasteiger partial charge in [-0.1, -0.05) is 0 Å². The molecule has 0 atom stereocenters. The summed E-state index contributed by atoms with van der Waals surface area (Å²) in [7, 11) is 0. The molecule has 4 aliphatic rings. The Hall–Kier alpha value is -2.04. The lowest BCUT2D eigenvalue weighted by molar-refractivity contribution is -0.353. The maximum absolute atomic E-state index is 12.8. The first-order chi connectivity index (χ1) is 14.2. The number of carbonyl (C=O) groups is 3. The van der Waals surface area contributed by atoms with Gasteiger partial charge in [-0.15, -0.1) is 13.2 Å². The smallest absolute Gasteiger partial charge is 0.444 e. The zero-order chi connectivity index (χ0) is 23.1. The fourth-order valence-corrected chi connectivity index (χ4v) is 4.65. The number of ether oxygens (including phenoxy) is 2. The maximum atomic E-state index is 12.8. The molecule has 0 radical (unpaired) electrons. The molecule has 2 bridgehead atoms. The van der Waals surface area contributed by atoms with E-state index < -0.39 is 41.4 Å². The molecule has 0 aliphatic heterocycles. The number of amides is 3. The number of rotatable bonds is 4. The van der Waals surface area contributed by atoms with Crippen molar-refractivity contribution in [2.75, 3.05) is 0 Å². The summed E-state index contributed by atoms with van der Waals surface area (Å²) in [4.78, 5) is 37.0. The number of fused-ring (bicyclic) bond motifs is 3. The summed E-state index contributed by atoms with van der Waals surface area (Å²) in [6.07, 6.45) is -2.68. The second-order valence-electron chi connectivity index (χ2n) is 9.98. The lowest BCUT2D eigenvalue weighted by Gasteiger charge is -2.52. The third-order valence-electron chi connectivity index (χ3n) is 6.56. The average molecular weight is 449 g/mol. The normalized spacial score (nSPS) is 32.6. The molecule has 176 valence electrons. The highest BCUT2D eigenvalue weighted by atomic mass is 19.4. The predicted octanol–water partition coefficient (Wildman–Crippen LogP) is 3.07. The third-order valence-corrected chi connectivity index (χ3v) is 6.56. The fraction of sp³-hybridized carbons (Fsp3) is 0.850. The van der Waals surface area contributed by atoms with Crippen molar-refractivity contribution in [2.45, 2.75) is 95.7 Å². The number of alkyl carbamates (subject to hydrolysis) is 1. The molecular weight excluding hydrogens is 419 g/mol. The van der Waals surface area contributed by atoms with Gasteiger partial charge in [0.15, 0.2) is 0 Å². The molecule has 3 N–H and O–H groups in total. The van der Waals surface area contributed by atoms with Gasteiger partial charge in [0.25, 0.3) is 0 Å². The van der Waals surface area contributed by atoms with Gasteiger partial charge in [-0.25, -0.2) is 4.79 Å². The minimum atomic E-state index is -4.71. The molecule has 0 saturated heterocycles. The molecule has 0 aromatic carbocycles. The zero-order valence-corrected chi connectivity index (χ0v) is 18.0. The number of hydrogen-bond acceptors (Lipinski definition) is 5. The molecule has 4 rings (SSSR count). The van der Waals surface area contributed by atoms with Gasteiger partial charge in [0.05, 0.1) is 11.5 Å². The van der Waals surface area contributed by atoms with E-state index in [4.69, 9.17) is 4.74 Å². The van der Waals surface area contributed by atoms with E-state index >= 15 is 0 Å². The van der Waals surface area contributed by atoms with Crippen LogP contribution in [-0.4, -0.2) is 41.5 Å². The van der Waals surface area contributed by atoms with Crippen LogP contribution in [0.15, 0.2) is 0 Å². The van der Waals surface area contributed by atoms with Gasteiger partial charge in [-0.2, -0.15) is 0 Å². The summed E-state index contributed by atoms with van der Waals surface area (Å²) in [5.41, 5.74) is 3.20. The quantitative estimate of drug-likeness (QED) is 0.572. The third kappa shape index (κ3) is 5.81. The van der Waals surface area contributed by atoms with E-state index in [2.05, 4.69) is 20.9 Å². The minimum Gasteiger partial charge on any atom is -0.444 e. The highest BCUT2D eigenvalue weighted by Gasteiger charge is 2.53. The van der Waals surface area contributed by atoms with Gasteiger partial charge < -0.3 is 10.1 Å². The first-order valence-corrected chi connectivity index (χ1v) is 10.6. The van der Waals surface area contributed by atoms with Crippen molar-refractivity contribution in [3.63, 3.8) is 0 Å². The van der Waals surface area contributed by atoms with E-state index in [9.17, 15) is 27.6 Å². The molecule has 0 unspecified atom stereocenters. The molecule has 8 nitrogen and oxygen atoms in total. The summed E-state index contributed by atoms with van der Waals surface area (Å²) in [6.45, 7) is 5.38. The fourth-order valence-electron chi connectivity index (χ4n) is 4.65. The molecule has 4 aliphatic carbocycles. The van der Waals surface area contributed by atoms with Crippen molar-refractivity contribution in [2.24, 2.45) is 11.3 Å². The van der Waals surface area contributed by atoms with Gasteiger partial charge in [-0.05, 0) is 72.1 Å². The predicted molar refractivity (Wildman–Crippen MR) is 102 cm³/mol. The second kappa shape index (κ2) is 8.14.